The number of rotatable bonds is 3. The van der Waals surface area contributed by atoms with E-state index in [0.717, 1.165) is 37.0 Å². The van der Waals surface area contributed by atoms with Crippen molar-refractivity contribution in [1.82, 2.24) is 5.32 Å². The fourth-order valence-corrected chi connectivity index (χ4v) is 3.30. The minimum atomic E-state index is -0.538. The van der Waals surface area contributed by atoms with Crippen LogP contribution in [0.4, 0.5) is 5.00 Å². The molecule has 0 aromatic carbocycles. The van der Waals surface area contributed by atoms with E-state index in [9.17, 15) is 9.59 Å². The van der Waals surface area contributed by atoms with Crippen molar-refractivity contribution in [2.24, 2.45) is 5.73 Å². The molecule has 18 heavy (non-hydrogen) atoms. The lowest BCUT2D eigenvalue weighted by Gasteiger charge is -2.12. The zero-order valence-corrected chi connectivity index (χ0v) is 11.1. The van der Waals surface area contributed by atoms with E-state index < -0.39 is 5.91 Å². The molecule has 0 radical (unpaired) electrons. The first-order valence-electron chi connectivity index (χ1n) is 6.00. The third-order valence-corrected chi connectivity index (χ3v) is 4.45. The van der Waals surface area contributed by atoms with Crippen molar-refractivity contribution < 1.29 is 9.59 Å². The SMILES string of the molecule is Cc1c(C(N)=O)sc(N)c1C(=O)NC1CCCC1. The molecule has 0 atom stereocenters. The highest BCUT2D eigenvalue weighted by Gasteiger charge is 2.24. The number of nitrogen functional groups attached to an aromatic ring is 1. The van der Waals surface area contributed by atoms with E-state index in [4.69, 9.17) is 11.5 Å². The predicted molar refractivity (Wildman–Crippen MR) is 71.7 cm³/mol. The average molecular weight is 267 g/mol. The summed E-state index contributed by atoms with van der Waals surface area (Å²) in [5, 5.41) is 3.32. The molecule has 1 saturated carbocycles. The Labute approximate surface area is 110 Å². The number of amides is 2. The van der Waals surface area contributed by atoms with Gasteiger partial charge in [0.1, 0.15) is 0 Å². The second-order valence-electron chi connectivity index (χ2n) is 4.61. The first kappa shape index (κ1) is 12.9. The van der Waals surface area contributed by atoms with Gasteiger partial charge in [0.05, 0.1) is 15.4 Å². The smallest absolute Gasteiger partial charge is 0.259 e. The van der Waals surface area contributed by atoms with Crippen LogP contribution in [0.5, 0.6) is 0 Å². The van der Waals surface area contributed by atoms with Gasteiger partial charge in [-0.2, -0.15) is 0 Å². The van der Waals surface area contributed by atoms with Gasteiger partial charge in [-0.3, -0.25) is 9.59 Å². The molecule has 5 nitrogen and oxygen atoms in total. The third kappa shape index (κ3) is 2.33. The molecule has 0 spiro atoms. The highest BCUT2D eigenvalue weighted by molar-refractivity contribution is 7.18. The van der Waals surface area contributed by atoms with E-state index in [2.05, 4.69) is 5.32 Å². The zero-order chi connectivity index (χ0) is 13.3. The topological polar surface area (TPSA) is 98.2 Å². The number of thiophene rings is 1. The van der Waals surface area contributed by atoms with Gasteiger partial charge in [0.15, 0.2) is 0 Å². The van der Waals surface area contributed by atoms with E-state index in [1.165, 1.54) is 0 Å². The van der Waals surface area contributed by atoms with Crippen LogP contribution < -0.4 is 16.8 Å². The summed E-state index contributed by atoms with van der Waals surface area (Å²) in [6.07, 6.45) is 4.32. The maximum Gasteiger partial charge on any atom is 0.259 e. The number of hydrogen-bond acceptors (Lipinski definition) is 4. The second-order valence-corrected chi connectivity index (χ2v) is 5.67. The number of nitrogens with one attached hydrogen (secondary N) is 1. The molecule has 0 bridgehead atoms. The minimum absolute atomic E-state index is 0.194. The molecule has 1 heterocycles. The van der Waals surface area contributed by atoms with E-state index in [1.807, 2.05) is 0 Å². The molecule has 1 aromatic heterocycles. The fraction of sp³-hybridized carbons (Fsp3) is 0.500. The first-order valence-corrected chi connectivity index (χ1v) is 6.82. The molecule has 6 heteroatoms. The lowest BCUT2D eigenvalue weighted by atomic mass is 10.1. The highest BCUT2D eigenvalue weighted by atomic mass is 32.1. The van der Waals surface area contributed by atoms with Gasteiger partial charge in [-0.25, -0.2) is 0 Å². The number of primary amides is 1. The van der Waals surface area contributed by atoms with Crippen LogP contribution in [-0.4, -0.2) is 17.9 Å². The predicted octanol–water partition coefficient (Wildman–Crippen LogP) is 1.41. The molecule has 2 rings (SSSR count). The van der Waals surface area contributed by atoms with Gasteiger partial charge in [0.25, 0.3) is 11.8 Å². The summed E-state index contributed by atoms with van der Waals surface area (Å²) in [4.78, 5) is 23.7. The van der Waals surface area contributed by atoms with Crippen molar-refractivity contribution in [3.63, 3.8) is 0 Å². The van der Waals surface area contributed by atoms with E-state index in [0.29, 0.717) is 21.0 Å². The van der Waals surface area contributed by atoms with Crippen molar-refractivity contribution in [2.75, 3.05) is 5.73 Å². The van der Waals surface area contributed by atoms with Crippen molar-refractivity contribution in [3.05, 3.63) is 16.0 Å². The highest BCUT2D eigenvalue weighted by Crippen LogP contribution is 2.30. The van der Waals surface area contributed by atoms with Crippen LogP contribution in [0.25, 0.3) is 0 Å². The largest absolute Gasteiger partial charge is 0.390 e. The second kappa shape index (κ2) is 4.97. The summed E-state index contributed by atoms with van der Waals surface area (Å²) in [5.74, 6) is -0.732. The Morgan fingerprint density at radius 1 is 1.33 bits per heavy atom. The van der Waals surface area contributed by atoms with Crippen LogP contribution in [0.15, 0.2) is 0 Å². The normalized spacial score (nSPS) is 15.8. The number of carbonyl (C=O) groups excluding carboxylic acids is 2. The van der Waals surface area contributed by atoms with Gasteiger partial charge >= 0.3 is 0 Å². The van der Waals surface area contributed by atoms with Crippen LogP contribution >= 0.6 is 11.3 Å². The van der Waals surface area contributed by atoms with Crippen molar-refractivity contribution >= 4 is 28.2 Å². The standard InChI is InChI=1S/C12H17N3O2S/c1-6-8(11(14)18-9(6)10(13)16)12(17)15-7-4-2-3-5-7/h7H,2-5,14H2,1H3,(H2,13,16)(H,15,17). The van der Waals surface area contributed by atoms with Crippen LogP contribution in [0.1, 0.15) is 51.3 Å². The molecule has 0 saturated heterocycles. The minimum Gasteiger partial charge on any atom is -0.390 e. The third-order valence-electron chi connectivity index (χ3n) is 3.32. The molecule has 1 fully saturated rings. The molecule has 1 aromatic rings. The number of carbonyl (C=O) groups is 2. The lowest BCUT2D eigenvalue weighted by Crippen LogP contribution is -2.33. The van der Waals surface area contributed by atoms with Crippen LogP contribution in [-0.2, 0) is 0 Å². The molecular weight excluding hydrogens is 250 g/mol. The fourth-order valence-electron chi connectivity index (χ4n) is 2.38. The van der Waals surface area contributed by atoms with E-state index in [1.54, 1.807) is 6.92 Å². The summed E-state index contributed by atoms with van der Waals surface area (Å²) in [7, 11) is 0. The van der Waals surface area contributed by atoms with Crippen molar-refractivity contribution in [1.29, 1.82) is 0 Å². The van der Waals surface area contributed by atoms with Crippen LogP contribution in [0.2, 0.25) is 0 Å². The van der Waals surface area contributed by atoms with Crippen LogP contribution in [0, 0.1) is 6.92 Å². The molecule has 1 aliphatic rings. The summed E-state index contributed by atoms with van der Waals surface area (Å²) in [5.41, 5.74) is 12.0. The van der Waals surface area contributed by atoms with Gasteiger partial charge < -0.3 is 16.8 Å². The number of hydrogen-bond donors (Lipinski definition) is 3. The van der Waals surface area contributed by atoms with Crippen molar-refractivity contribution in [2.45, 2.75) is 38.6 Å². The monoisotopic (exact) mass is 267 g/mol. The number of anilines is 1. The molecule has 98 valence electrons. The molecule has 0 aliphatic heterocycles. The summed E-state index contributed by atoms with van der Waals surface area (Å²) in [6.45, 7) is 1.70. The molecule has 5 N–H and O–H groups in total. The Kier molecular flexibility index (Phi) is 3.56. The maximum atomic E-state index is 12.1. The van der Waals surface area contributed by atoms with E-state index in [-0.39, 0.29) is 11.9 Å². The van der Waals surface area contributed by atoms with Crippen molar-refractivity contribution in [3.8, 4) is 0 Å². The Hall–Kier alpha value is -1.56. The molecule has 0 unspecified atom stereocenters. The van der Waals surface area contributed by atoms with Gasteiger partial charge in [-0.1, -0.05) is 12.8 Å². The summed E-state index contributed by atoms with van der Waals surface area (Å²) in [6, 6.07) is 0.230. The lowest BCUT2D eigenvalue weighted by molar-refractivity contribution is 0.0938. The average Bonchev–Trinajstić information content (AvgIpc) is 2.86. The van der Waals surface area contributed by atoms with Gasteiger partial charge in [-0.15, -0.1) is 11.3 Å². The Morgan fingerprint density at radius 2 is 1.94 bits per heavy atom. The van der Waals surface area contributed by atoms with Gasteiger partial charge in [-0.05, 0) is 25.3 Å². The molecule has 1 aliphatic carbocycles. The Balaban J connectivity index is 2.21. The molecular formula is C12H17N3O2S. The maximum absolute atomic E-state index is 12.1. The van der Waals surface area contributed by atoms with Gasteiger partial charge in [0.2, 0.25) is 0 Å². The first-order chi connectivity index (χ1) is 8.50. The summed E-state index contributed by atoms with van der Waals surface area (Å²) >= 11 is 1.08. The number of nitrogens with two attached hydrogens (primary N) is 2. The Bertz CT molecular complexity index is 490. The van der Waals surface area contributed by atoms with Crippen LogP contribution in [0.3, 0.4) is 0 Å². The molecule has 2 amide bonds. The van der Waals surface area contributed by atoms with Gasteiger partial charge in [0, 0.05) is 6.04 Å². The van der Waals surface area contributed by atoms with E-state index >= 15 is 0 Å². The quantitative estimate of drug-likeness (QED) is 0.772. The zero-order valence-electron chi connectivity index (χ0n) is 10.3. The Morgan fingerprint density at radius 3 is 2.44 bits per heavy atom. The summed E-state index contributed by atoms with van der Waals surface area (Å²) < 4.78 is 0.